The van der Waals surface area contributed by atoms with Crippen LogP contribution in [0.3, 0.4) is 0 Å². The van der Waals surface area contributed by atoms with Gasteiger partial charge in [0.15, 0.2) is 0 Å². The summed E-state index contributed by atoms with van der Waals surface area (Å²) in [4.78, 5) is 12.3. The number of fused-ring (bicyclic) bond motifs is 3. The van der Waals surface area contributed by atoms with Crippen molar-refractivity contribution in [2.75, 3.05) is 0 Å². The van der Waals surface area contributed by atoms with Crippen LogP contribution in [0, 0.1) is 17.3 Å². The lowest BCUT2D eigenvalue weighted by Gasteiger charge is -2.37. The zero-order valence-electron chi connectivity index (χ0n) is 9.96. The third kappa shape index (κ3) is 1.77. The number of ketones is 1. The first-order valence-electron chi connectivity index (χ1n) is 6.41. The van der Waals surface area contributed by atoms with E-state index in [0.29, 0.717) is 17.6 Å². The molecule has 0 spiro atoms. The third-order valence-corrected chi connectivity index (χ3v) is 4.41. The largest absolute Gasteiger partial charge is 0.299 e. The van der Waals surface area contributed by atoms with Crippen molar-refractivity contribution < 1.29 is 4.79 Å². The average Bonchev–Trinajstić information content (AvgIpc) is 2.45. The van der Waals surface area contributed by atoms with Gasteiger partial charge < -0.3 is 0 Å². The van der Waals surface area contributed by atoms with Crippen LogP contribution in [0.25, 0.3) is 0 Å². The third-order valence-electron chi connectivity index (χ3n) is 4.41. The molecule has 84 valence electrons. The summed E-state index contributed by atoms with van der Waals surface area (Å²) in [5.41, 5.74) is -0.0803. The van der Waals surface area contributed by atoms with E-state index in [1.165, 1.54) is 19.3 Å². The molecule has 3 atom stereocenters. The minimum atomic E-state index is -0.0803. The monoisotopic (exact) mass is 206 g/mol. The molecule has 2 bridgehead atoms. The molecule has 0 N–H and O–H groups in total. The average molecular weight is 206 g/mol. The second-order valence-electron chi connectivity index (χ2n) is 5.36. The van der Waals surface area contributed by atoms with E-state index < -0.39 is 0 Å². The highest BCUT2D eigenvalue weighted by Gasteiger charge is 2.45. The zero-order chi connectivity index (χ0) is 10.9. The number of carbonyl (C=O) groups excluding carboxylic acids is 1. The zero-order valence-corrected chi connectivity index (χ0v) is 9.96. The number of rotatable bonds is 3. The summed E-state index contributed by atoms with van der Waals surface area (Å²) in [5, 5.41) is 0. The van der Waals surface area contributed by atoms with Gasteiger partial charge in [-0.1, -0.05) is 38.8 Å². The Labute approximate surface area is 92.9 Å². The Bertz CT molecular complexity index is 279. The summed E-state index contributed by atoms with van der Waals surface area (Å²) in [5.74, 6) is 1.76. The maximum atomic E-state index is 12.3. The number of unbranched alkanes of at least 4 members (excludes halogenated alkanes) is 1. The first kappa shape index (κ1) is 10.9. The number of hydrogen-bond acceptors (Lipinski definition) is 1. The van der Waals surface area contributed by atoms with Gasteiger partial charge in [0.2, 0.25) is 0 Å². The van der Waals surface area contributed by atoms with Crippen LogP contribution in [-0.4, -0.2) is 5.78 Å². The molecule has 0 aromatic carbocycles. The van der Waals surface area contributed by atoms with Gasteiger partial charge in [-0.3, -0.25) is 4.79 Å². The minimum Gasteiger partial charge on any atom is -0.299 e. The van der Waals surface area contributed by atoms with E-state index in [2.05, 4.69) is 26.0 Å². The van der Waals surface area contributed by atoms with E-state index in [1.807, 2.05) is 0 Å². The first-order valence-corrected chi connectivity index (χ1v) is 6.41. The lowest BCUT2D eigenvalue weighted by atomic mass is 9.66. The molecule has 0 amide bonds. The van der Waals surface area contributed by atoms with Crippen molar-refractivity contribution in [1.82, 2.24) is 0 Å². The van der Waals surface area contributed by atoms with E-state index in [9.17, 15) is 4.79 Å². The Hall–Kier alpha value is -0.590. The van der Waals surface area contributed by atoms with E-state index in [0.717, 1.165) is 19.3 Å². The van der Waals surface area contributed by atoms with Crippen LogP contribution in [0.1, 0.15) is 52.4 Å². The molecule has 0 heterocycles. The SMILES string of the molecule is CCCC[C@]12C=C[C@@H](CCC1=O)C[C@H]2C. The molecule has 0 aromatic heterocycles. The van der Waals surface area contributed by atoms with Crippen LogP contribution in [0.5, 0.6) is 0 Å². The van der Waals surface area contributed by atoms with Gasteiger partial charge in [-0.2, -0.15) is 0 Å². The van der Waals surface area contributed by atoms with Crippen LogP contribution in [-0.2, 0) is 4.79 Å². The number of allylic oxidation sites excluding steroid dienone is 2. The minimum absolute atomic E-state index is 0.0803. The quantitative estimate of drug-likeness (QED) is 0.643. The molecule has 3 aliphatic rings. The fraction of sp³-hybridized carbons (Fsp3) is 0.786. The van der Waals surface area contributed by atoms with Gasteiger partial charge in [-0.25, -0.2) is 0 Å². The molecule has 0 saturated heterocycles. The second-order valence-corrected chi connectivity index (χ2v) is 5.36. The molecule has 1 nitrogen and oxygen atoms in total. The molecule has 1 saturated carbocycles. The molecule has 3 aliphatic carbocycles. The van der Waals surface area contributed by atoms with Crippen molar-refractivity contribution in [3.05, 3.63) is 12.2 Å². The maximum absolute atomic E-state index is 12.3. The van der Waals surface area contributed by atoms with Crippen molar-refractivity contribution >= 4 is 5.78 Å². The van der Waals surface area contributed by atoms with Crippen molar-refractivity contribution in [3.63, 3.8) is 0 Å². The molecule has 15 heavy (non-hydrogen) atoms. The summed E-state index contributed by atoms with van der Waals surface area (Å²) in [6, 6.07) is 0. The van der Waals surface area contributed by atoms with Crippen LogP contribution < -0.4 is 0 Å². The van der Waals surface area contributed by atoms with Crippen molar-refractivity contribution in [2.24, 2.45) is 17.3 Å². The highest BCUT2D eigenvalue weighted by atomic mass is 16.1. The summed E-state index contributed by atoms with van der Waals surface area (Å²) in [7, 11) is 0. The van der Waals surface area contributed by atoms with E-state index >= 15 is 0 Å². The Morgan fingerprint density at radius 1 is 1.53 bits per heavy atom. The molecule has 0 aliphatic heterocycles. The van der Waals surface area contributed by atoms with Gasteiger partial charge >= 0.3 is 0 Å². The van der Waals surface area contributed by atoms with Gasteiger partial charge in [-0.15, -0.1) is 0 Å². The van der Waals surface area contributed by atoms with E-state index in [-0.39, 0.29) is 5.41 Å². The van der Waals surface area contributed by atoms with E-state index in [1.54, 1.807) is 0 Å². The van der Waals surface area contributed by atoms with Crippen LogP contribution in [0.2, 0.25) is 0 Å². The van der Waals surface area contributed by atoms with Gasteiger partial charge in [-0.05, 0) is 31.1 Å². The van der Waals surface area contributed by atoms with Crippen LogP contribution >= 0.6 is 0 Å². The van der Waals surface area contributed by atoms with Gasteiger partial charge in [0.25, 0.3) is 0 Å². The predicted octanol–water partition coefficient (Wildman–Crippen LogP) is 3.74. The first-order chi connectivity index (χ1) is 7.19. The smallest absolute Gasteiger partial charge is 0.143 e. The lowest BCUT2D eigenvalue weighted by molar-refractivity contribution is -0.128. The Morgan fingerprint density at radius 3 is 3.00 bits per heavy atom. The Morgan fingerprint density at radius 2 is 2.33 bits per heavy atom. The van der Waals surface area contributed by atoms with Crippen LogP contribution in [0.15, 0.2) is 12.2 Å². The van der Waals surface area contributed by atoms with Gasteiger partial charge in [0.1, 0.15) is 5.78 Å². The van der Waals surface area contributed by atoms with Crippen molar-refractivity contribution in [2.45, 2.75) is 52.4 Å². The standard InChI is InChI=1S/C14H22O/c1-3-4-8-14-9-7-12(10-11(14)2)5-6-13(14)15/h7,9,11-12H,3-6,8,10H2,1-2H3/t11-,12-,14-/m1/s1. The topological polar surface area (TPSA) is 17.1 Å². The maximum Gasteiger partial charge on any atom is 0.143 e. The van der Waals surface area contributed by atoms with Crippen LogP contribution in [0.4, 0.5) is 0 Å². The summed E-state index contributed by atoms with van der Waals surface area (Å²) in [6.45, 7) is 4.48. The van der Waals surface area contributed by atoms with E-state index in [4.69, 9.17) is 0 Å². The van der Waals surface area contributed by atoms with Crippen molar-refractivity contribution in [1.29, 1.82) is 0 Å². The fourth-order valence-electron chi connectivity index (χ4n) is 3.28. The summed E-state index contributed by atoms with van der Waals surface area (Å²) >= 11 is 0. The molecule has 0 radical (unpaired) electrons. The van der Waals surface area contributed by atoms with Gasteiger partial charge in [0.05, 0.1) is 0 Å². The summed E-state index contributed by atoms with van der Waals surface area (Å²) in [6.07, 6.45) is 11.2. The summed E-state index contributed by atoms with van der Waals surface area (Å²) < 4.78 is 0. The Balaban J connectivity index is 2.26. The lowest BCUT2D eigenvalue weighted by Crippen LogP contribution is -2.36. The number of hydrogen-bond donors (Lipinski definition) is 0. The number of carbonyl (C=O) groups is 1. The fourth-order valence-corrected chi connectivity index (χ4v) is 3.28. The predicted molar refractivity (Wildman–Crippen MR) is 62.6 cm³/mol. The molecule has 3 rings (SSSR count). The molecule has 1 fully saturated rings. The van der Waals surface area contributed by atoms with Crippen molar-refractivity contribution in [3.8, 4) is 0 Å². The highest BCUT2D eigenvalue weighted by molar-refractivity contribution is 5.88. The molecule has 0 aromatic rings. The molecule has 1 heteroatoms. The second kappa shape index (κ2) is 4.11. The molecule has 0 unspecified atom stereocenters. The highest BCUT2D eigenvalue weighted by Crippen LogP contribution is 2.48. The molecular weight excluding hydrogens is 184 g/mol. The Kier molecular flexibility index (Phi) is 2.99. The van der Waals surface area contributed by atoms with Gasteiger partial charge in [0, 0.05) is 11.8 Å². The normalized spacial score (nSPS) is 39.5. The molecular formula is C14H22O. The number of Topliss-reactive ketones (excluding diaryl/α,β-unsaturated/α-hetero) is 1.